The molecule has 0 aliphatic carbocycles. The number of aromatic nitrogens is 4. The molecule has 1 saturated heterocycles. The van der Waals surface area contributed by atoms with Crippen LogP contribution in [0.4, 0.5) is 19.0 Å². The summed E-state index contributed by atoms with van der Waals surface area (Å²) in [6, 6.07) is 4.86. The zero-order valence-corrected chi connectivity index (χ0v) is 25.6. The monoisotopic (exact) mass is 618 g/mol. The lowest BCUT2D eigenvalue weighted by Crippen LogP contribution is -2.53. The minimum Gasteiger partial charge on any atom is -0.337 e. The van der Waals surface area contributed by atoms with Crippen molar-refractivity contribution in [3.63, 3.8) is 0 Å². The van der Waals surface area contributed by atoms with Crippen molar-refractivity contribution in [1.82, 2.24) is 24.4 Å². The summed E-state index contributed by atoms with van der Waals surface area (Å²) in [7, 11) is 0. The number of Topliss-reactive ketones (excluding diaryl/α,β-unsaturated/α-hetero) is 1. The third-order valence-corrected chi connectivity index (χ3v) is 8.17. The van der Waals surface area contributed by atoms with E-state index in [1.54, 1.807) is 30.1 Å². The van der Waals surface area contributed by atoms with Crippen LogP contribution in [-0.2, 0) is 22.3 Å². The summed E-state index contributed by atoms with van der Waals surface area (Å²) >= 11 is 0. The van der Waals surface area contributed by atoms with E-state index in [4.69, 9.17) is 0 Å². The van der Waals surface area contributed by atoms with Crippen LogP contribution < -0.4 is 5.32 Å². The molecule has 1 aromatic carbocycles. The Bertz CT molecular complexity index is 1850. The molecule has 2 atom stereocenters. The average Bonchev–Trinajstić information content (AvgIpc) is 3.33. The zero-order valence-electron chi connectivity index (χ0n) is 25.6. The minimum absolute atomic E-state index is 0.180. The molecule has 9 nitrogen and oxygen atoms in total. The highest BCUT2D eigenvalue weighted by molar-refractivity contribution is 6.09. The van der Waals surface area contributed by atoms with Crippen LogP contribution in [0.2, 0.25) is 0 Å². The van der Waals surface area contributed by atoms with Crippen LogP contribution in [0.15, 0.2) is 55.1 Å². The Kier molecular flexibility index (Phi) is 8.35. The Labute approximate surface area is 258 Å². The van der Waals surface area contributed by atoms with E-state index in [-0.39, 0.29) is 24.1 Å². The molecule has 12 heteroatoms. The van der Waals surface area contributed by atoms with Gasteiger partial charge in [0, 0.05) is 40.8 Å². The standard InChI is InChI=1S/C33H33F3N6O3/c1-17-7-9-20(4)42(30(17)32(45)40-31-18(2)8-10-27(39-31)33(34,35)36)28(44)16-41-15-26(21(5)43)25-12-23(11-19(3)29(25)41)24-13-37-22(6)38-14-24/h8,10-15,17,30H,4,7,9,16H2,1-3,5-6H3,(H,39,40,45)/t17?,30-/m0/s1. The summed E-state index contributed by atoms with van der Waals surface area (Å²) in [6.07, 6.45) is 1.38. The summed E-state index contributed by atoms with van der Waals surface area (Å²) in [4.78, 5) is 53.8. The van der Waals surface area contributed by atoms with Crippen LogP contribution in [0.25, 0.3) is 22.0 Å². The van der Waals surface area contributed by atoms with Crippen LogP contribution in [0.5, 0.6) is 0 Å². The van der Waals surface area contributed by atoms with Gasteiger partial charge in [-0.2, -0.15) is 13.2 Å². The first-order chi connectivity index (χ1) is 21.1. The van der Waals surface area contributed by atoms with Gasteiger partial charge < -0.3 is 14.8 Å². The highest BCUT2D eigenvalue weighted by atomic mass is 19.4. The number of fused-ring (bicyclic) bond motifs is 1. The Balaban J connectivity index is 1.49. The number of pyridine rings is 1. The topological polar surface area (TPSA) is 110 Å². The van der Waals surface area contributed by atoms with E-state index in [0.29, 0.717) is 46.4 Å². The number of rotatable bonds is 6. The number of aryl methyl sites for hydroxylation is 3. The van der Waals surface area contributed by atoms with Gasteiger partial charge in [0.2, 0.25) is 11.8 Å². The fraction of sp³-hybridized carbons (Fsp3) is 0.333. The van der Waals surface area contributed by atoms with E-state index in [9.17, 15) is 27.6 Å². The third-order valence-electron chi connectivity index (χ3n) is 8.17. The lowest BCUT2D eigenvalue weighted by molar-refractivity contribution is -0.141. The number of benzene rings is 1. The number of alkyl halides is 3. The molecule has 45 heavy (non-hydrogen) atoms. The van der Waals surface area contributed by atoms with Gasteiger partial charge in [0.05, 0.1) is 5.52 Å². The lowest BCUT2D eigenvalue weighted by Gasteiger charge is -2.40. The first kappa shape index (κ1) is 31.6. The highest BCUT2D eigenvalue weighted by Gasteiger charge is 2.40. The molecule has 234 valence electrons. The van der Waals surface area contributed by atoms with Gasteiger partial charge in [0.1, 0.15) is 29.9 Å². The number of nitrogens with one attached hydrogen (secondary N) is 1. The molecule has 3 aromatic heterocycles. The summed E-state index contributed by atoms with van der Waals surface area (Å²) in [5.41, 5.74) is 3.17. The zero-order chi connectivity index (χ0) is 32.8. The molecule has 1 fully saturated rings. The Morgan fingerprint density at radius 2 is 1.73 bits per heavy atom. The van der Waals surface area contributed by atoms with E-state index in [0.717, 1.165) is 22.8 Å². The maximum Gasteiger partial charge on any atom is 0.433 e. The highest BCUT2D eigenvalue weighted by Crippen LogP contribution is 2.34. The molecule has 1 unspecified atom stereocenters. The van der Waals surface area contributed by atoms with Crippen molar-refractivity contribution in [3.8, 4) is 11.1 Å². The van der Waals surface area contributed by atoms with Gasteiger partial charge in [-0.3, -0.25) is 14.4 Å². The molecular formula is C33H33F3N6O3. The maximum absolute atomic E-state index is 14.0. The summed E-state index contributed by atoms with van der Waals surface area (Å²) in [5.74, 6) is -1.19. The van der Waals surface area contributed by atoms with Crippen molar-refractivity contribution in [1.29, 1.82) is 0 Å². The number of hydrogen-bond acceptors (Lipinski definition) is 6. The summed E-state index contributed by atoms with van der Waals surface area (Å²) < 4.78 is 41.7. The number of halogens is 3. The van der Waals surface area contributed by atoms with Gasteiger partial charge in [0.15, 0.2) is 5.78 Å². The average molecular weight is 619 g/mol. The number of anilines is 1. The molecule has 1 aliphatic rings. The second-order valence-electron chi connectivity index (χ2n) is 11.6. The number of carbonyl (C=O) groups excluding carboxylic acids is 3. The van der Waals surface area contributed by atoms with Crippen molar-refractivity contribution < 1.29 is 27.6 Å². The number of allylic oxidation sites excluding steroid dienone is 1. The van der Waals surface area contributed by atoms with Crippen molar-refractivity contribution >= 4 is 34.3 Å². The fourth-order valence-electron chi connectivity index (χ4n) is 5.83. The van der Waals surface area contributed by atoms with Crippen LogP contribution >= 0.6 is 0 Å². The van der Waals surface area contributed by atoms with Gasteiger partial charge in [-0.05, 0) is 81.3 Å². The van der Waals surface area contributed by atoms with E-state index in [1.807, 2.05) is 26.0 Å². The Morgan fingerprint density at radius 1 is 1.04 bits per heavy atom. The molecule has 2 amide bonds. The van der Waals surface area contributed by atoms with Crippen molar-refractivity contribution in [3.05, 3.63) is 83.3 Å². The van der Waals surface area contributed by atoms with E-state index in [2.05, 4.69) is 26.8 Å². The maximum atomic E-state index is 14.0. The predicted octanol–water partition coefficient (Wildman–Crippen LogP) is 6.42. The van der Waals surface area contributed by atoms with Crippen molar-refractivity contribution in [2.75, 3.05) is 5.32 Å². The van der Waals surface area contributed by atoms with E-state index < -0.39 is 29.7 Å². The number of hydrogen-bond donors (Lipinski definition) is 1. The molecule has 0 radical (unpaired) electrons. The fourth-order valence-corrected chi connectivity index (χ4v) is 5.83. The minimum atomic E-state index is -4.69. The smallest absolute Gasteiger partial charge is 0.337 e. The largest absolute Gasteiger partial charge is 0.433 e. The molecule has 0 saturated carbocycles. The normalized spacial score (nSPS) is 17.1. The summed E-state index contributed by atoms with van der Waals surface area (Å²) in [6.45, 7) is 12.3. The number of amides is 2. The predicted molar refractivity (Wildman–Crippen MR) is 163 cm³/mol. The first-order valence-corrected chi connectivity index (χ1v) is 14.4. The molecule has 4 aromatic rings. The van der Waals surface area contributed by atoms with Crippen LogP contribution in [-0.4, -0.2) is 48.1 Å². The van der Waals surface area contributed by atoms with Gasteiger partial charge in [-0.1, -0.05) is 19.6 Å². The van der Waals surface area contributed by atoms with Crippen LogP contribution in [0.3, 0.4) is 0 Å². The van der Waals surface area contributed by atoms with Crippen LogP contribution in [0, 0.1) is 26.7 Å². The van der Waals surface area contributed by atoms with Gasteiger partial charge >= 0.3 is 6.18 Å². The summed E-state index contributed by atoms with van der Waals surface area (Å²) in [5, 5.41) is 3.19. The van der Waals surface area contributed by atoms with Crippen molar-refractivity contribution in [2.24, 2.45) is 5.92 Å². The second-order valence-corrected chi connectivity index (χ2v) is 11.6. The molecule has 5 rings (SSSR count). The van der Waals surface area contributed by atoms with Crippen LogP contribution in [0.1, 0.15) is 59.7 Å². The quantitative estimate of drug-likeness (QED) is 0.250. The number of piperidine rings is 1. The Hall–Kier alpha value is -4.87. The Morgan fingerprint density at radius 3 is 2.38 bits per heavy atom. The molecule has 4 heterocycles. The number of likely N-dealkylation sites (tertiary alicyclic amines) is 1. The van der Waals surface area contributed by atoms with Gasteiger partial charge in [-0.25, -0.2) is 15.0 Å². The second kappa shape index (κ2) is 11.9. The molecular weight excluding hydrogens is 585 g/mol. The van der Waals surface area contributed by atoms with Gasteiger partial charge in [-0.15, -0.1) is 0 Å². The molecule has 0 spiro atoms. The number of carbonyl (C=O) groups is 3. The van der Waals surface area contributed by atoms with E-state index >= 15 is 0 Å². The van der Waals surface area contributed by atoms with Crippen molar-refractivity contribution in [2.45, 2.75) is 66.2 Å². The molecule has 1 aliphatic heterocycles. The number of nitrogens with zero attached hydrogens (tertiary/aromatic N) is 5. The molecule has 0 bridgehead atoms. The van der Waals surface area contributed by atoms with E-state index in [1.165, 1.54) is 24.8 Å². The number of ketones is 1. The molecule has 1 N–H and O–H groups in total. The lowest BCUT2D eigenvalue weighted by atomic mass is 9.88. The van der Waals surface area contributed by atoms with Gasteiger partial charge in [0.25, 0.3) is 0 Å². The third kappa shape index (κ3) is 6.22. The first-order valence-electron chi connectivity index (χ1n) is 14.4. The SMILES string of the molecule is C=C1CCC(C)[C@@H](C(=O)Nc2nc(C(F)(F)F)ccc2C)N1C(=O)Cn1cc(C(C)=O)c2cc(-c3cnc(C)nc3)cc(C)c21.